The molecule has 1 N–H and O–H groups in total. The molecule has 102 valence electrons. The van der Waals surface area contributed by atoms with Crippen molar-refractivity contribution in [2.45, 2.75) is 13.0 Å². The second-order valence-electron chi connectivity index (χ2n) is 4.94. The van der Waals surface area contributed by atoms with E-state index in [1.54, 1.807) is 0 Å². The minimum atomic E-state index is 0.878. The highest BCUT2D eigenvalue weighted by atomic mass is 15.0. The Kier molecular flexibility index (Phi) is 3.74. The SMILES string of the molecule is Cn1ccnc1CCNCc1ccc2cnccc2c1. The highest BCUT2D eigenvalue weighted by Gasteiger charge is 1.99. The second kappa shape index (κ2) is 5.84. The van der Waals surface area contributed by atoms with Crippen LogP contribution in [0.2, 0.25) is 0 Å². The lowest BCUT2D eigenvalue weighted by molar-refractivity contribution is 0.655. The fourth-order valence-corrected chi connectivity index (χ4v) is 2.31. The summed E-state index contributed by atoms with van der Waals surface area (Å²) < 4.78 is 2.06. The van der Waals surface area contributed by atoms with Crippen LogP contribution in [0, 0.1) is 0 Å². The van der Waals surface area contributed by atoms with Crippen molar-refractivity contribution in [1.82, 2.24) is 19.9 Å². The Labute approximate surface area is 118 Å². The normalized spacial score (nSPS) is 11.1. The summed E-state index contributed by atoms with van der Waals surface area (Å²) in [5, 5.41) is 5.89. The van der Waals surface area contributed by atoms with Crippen LogP contribution in [-0.4, -0.2) is 21.1 Å². The van der Waals surface area contributed by atoms with Crippen LogP contribution in [0.3, 0.4) is 0 Å². The molecule has 20 heavy (non-hydrogen) atoms. The van der Waals surface area contributed by atoms with Gasteiger partial charge in [0.2, 0.25) is 0 Å². The molecule has 4 heteroatoms. The lowest BCUT2D eigenvalue weighted by Crippen LogP contribution is -2.18. The van der Waals surface area contributed by atoms with E-state index in [4.69, 9.17) is 0 Å². The number of fused-ring (bicyclic) bond motifs is 1. The summed E-state index contributed by atoms with van der Waals surface area (Å²) in [5.41, 5.74) is 1.29. The highest BCUT2D eigenvalue weighted by Crippen LogP contribution is 2.14. The number of nitrogens with one attached hydrogen (secondary N) is 1. The molecule has 0 aliphatic heterocycles. The number of imidazole rings is 1. The van der Waals surface area contributed by atoms with Crippen molar-refractivity contribution in [2.24, 2.45) is 7.05 Å². The Morgan fingerprint density at radius 2 is 2.10 bits per heavy atom. The first kappa shape index (κ1) is 12.8. The van der Waals surface area contributed by atoms with Crippen molar-refractivity contribution in [3.8, 4) is 0 Å². The summed E-state index contributed by atoms with van der Waals surface area (Å²) in [7, 11) is 2.03. The Hall–Kier alpha value is -2.20. The average molecular weight is 266 g/mol. The molecule has 2 aromatic heterocycles. The molecule has 0 fully saturated rings. The number of benzene rings is 1. The van der Waals surface area contributed by atoms with E-state index >= 15 is 0 Å². The first-order valence-electron chi connectivity index (χ1n) is 6.82. The molecule has 0 saturated carbocycles. The molecule has 0 radical (unpaired) electrons. The topological polar surface area (TPSA) is 42.7 Å². The van der Waals surface area contributed by atoms with Gasteiger partial charge in [-0.3, -0.25) is 4.98 Å². The number of aryl methyl sites for hydroxylation is 1. The molecule has 0 atom stereocenters. The van der Waals surface area contributed by atoms with Crippen LogP contribution < -0.4 is 5.32 Å². The Balaban J connectivity index is 1.56. The fourth-order valence-electron chi connectivity index (χ4n) is 2.31. The molecule has 4 nitrogen and oxygen atoms in total. The van der Waals surface area contributed by atoms with Crippen molar-refractivity contribution < 1.29 is 0 Å². The van der Waals surface area contributed by atoms with E-state index in [0.29, 0.717) is 0 Å². The van der Waals surface area contributed by atoms with Gasteiger partial charge in [-0.1, -0.05) is 12.1 Å². The monoisotopic (exact) mass is 266 g/mol. The van der Waals surface area contributed by atoms with Gasteiger partial charge in [0.1, 0.15) is 5.82 Å². The molecule has 0 spiro atoms. The molecule has 1 aromatic carbocycles. The largest absolute Gasteiger partial charge is 0.338 e. The lowest BCUT2D eigenvalue weighted by Gasteiger charge is -2.06. The standard InChI is InChI=1S/C16H18N4/c1-20-9-8-19-16(20)5-7-17-11-13-2-3-15-12-18-6-4-14(15)10-13/h2-4,6,8-10,12,17H,5,7,11H2,1H3. The minimum absolute atomic E-state index is 0.878. The predicted octanol–water partition coefficient (Wildman–Crippen LogP) is 2.30. The van der Waals surface area contributed by atoms with Crippen LogP contribution in [0.15, 0.2) is 49.1 Å². The van der Waals surface area contributed by atoms with Gasteiger partial charge in [0.25, 0.3) is 0 Å². The number of hydrogen-bond acceptors (Lipinski definition) is 3. The average Bonchev–Trinajstić information content (AvgIpc) is 2.89. The highest BCUT2D eigenvalue weighted by molar-refractivity contribution is 5.81. The number of pyridine rings is 1. The van der Waals surface area contributed by atoms with Gasteiger partial charge in [-0.2, -0.15) is 0 Å². The van der Waals surface area contributed by atoms with E-state index in [1.165, 1.54) is 16.3 Å². The van der Waals surface area contributed by atoms with Crippen molar-refractivity contribution in [3.05, 3.63) is 60.4 Å². The molecule has 0 unspecified atom stereocenters. The minimum Gasteiger partial charge on any atom is -0.338 e. The van der Waals surface area contributed by atoms with Gasteiger partial charge in [-0.25, -0.2) is 4.98 Å². The second-order valence-corrected chi connectivity index (χ2v) is 4.94. The van der Waals surface area contributed by atoms with E-state index in [1.807, 2.05) is 37.9 Å². The Bertz CT molecular complexity index is 702. The zero-order valence-corrected chi connectivity index (χ0v) is 11.6. The summed E-state index contributed by atoms with van der Waals surface area (Å²) in [6, 6.07) is 8.54. The first-order chi connectivity index (χ1) is 9.83. The number of rotatable bonds is 5. The van der Waals surface area contributed by atoms with Gasteiger partial charge in [0, 0.05) is 56.7 Å². The summed E-state index contributed by atoms with van der Waals surface area (Å²) >= 11 is 0. The van der Waals surface area contributed by atoms with Crippen LogP contribution >= 0.6 is 0 Å². The molecule has 3 aromatic rings. The third kappa shape index (κ3) is 2.86. The van der Waals surface area contributed by atoms with Gasteiger partial charge in [0.05, 0.1) is 0 Å². The molecular formula is C16H18N4. The van der Waals surface area contributed by atoms with Gasteiger partial charge in [-0.15, -0.1) is 0 Å². The van der Waals surface area contributed by atoms with E-state index in [0.717, 1.165) is 25.3 Å². The molecule has 2 heterocycles. The number of hydrogen-bond donors (Lipinski definition) is 1. The van der Waals surface area contributed by atoms with Gasteiger partial charge in [-0.05, 0) is 23.1 Å². The van der Waals surface area contributed by atoms with Crippen LogP contribution in [0.5, 0.6) is 0 Å². The molecule has 0 aliphatic rings. The molecule has 0 bridgehead atoms. The van der Waals surface area contributed by atoms with Crippen molar-refractivity contribution >= 4 is 10.8 Å². The van der Waals surface area contributed by atoms with Crippen LogP contribution in [0.4, 0.5) is 0 Å². The van der Waals surface area contributed by atoms with E-state index in [2.05, 4.69) is 38.1 Å². The summed E-state index contributed by atoms with van der Waals surface area (Å²) in [4.78, 5) is 8.45. The Morgan fingerprint density at radius 1 is 1.15 bits per heavy atom. The fraction of sp³-hybridized carbons (Fsp3) is 0.250. The van der Waals surface area contributed by atoms with Crippen molar-refractivity contribution in [1.29, 1.82) is 0 Å². The zero-order valence-electron chi connectivity index (χ0n) is 11.6. The summed E-state index contributed by atoms with van der Waals surface area (Å²) in [6.07, 6.45) is 8.49. The smallest absolute Gasteiger partial charge is 0.109 e. The number of nitrogens with zero attached hydrogens (tertiary/aromatic N) is 3. The van der Waals surface area contributed by atoms with Crippen LogP contribution in [0.25, 0.3) is 10.8 Å². The van der Waals surface area contributed by atoms with Crippen molar-refractivity contribution in [2.75, 3.05) is 6.54 Å². The van der Waals surface area contributed by atoms with Crippen molar-refractivity contribution in [3.63, 3.8) is 0 Å². The summed E-state index contributed by atoms with van der Waals surface area (Å²) in [6.45, 7) is 1.81. The third-order valence-electron chi connectivity index (χ3n) is 3.48. The maximum Gasteiger partial charge on any atom is 0.109 e. The van der Waals surface area contributed by atoms with Gasteiger partial charge < -0.3 is 9.88 Å². The maximum absolute atomic E-state index is 4.32. The Morgan fingerprint density at radius 3 is 2.95 bits per heavy atom. The van der Waals surface area contributed by atoms with Gasteiger partial charge >= 0.3 is 0 Å². The summed E-state index contributed by atoms with van der Waals surface area (Å²) in [5.74, 6) is 1.11. The maximum atomic E-state index is 4.32. The van der Waals surface area contributed by atoms with E-state index in [9.17, 15) is 0 Å². The van der Waals surface area contributed by atoms with E-state index in [-0.39, 0.29) is 0 Å². The lowest BCUT2D eigenvalue weighted by atomic mass is 10.1. The quantitative estimate of drug-likeness (QED) is 0.721. The predicted molar refractivity (Wildman–Crippen MR) is 80.4 cm³/mol. The molecule has 0 amide bonds. The van der Waals surface area contributed by atoms with E-state index < -0.39 is 0 Å². The molecule has 3 rings (SSSR count). The third-order valence-corrected chi connectivity index (χ3v) is 3.48. The van der Waals surface area contributed by atoms with Crippen LogP contribution in [-0.2, 0) is 20.0 Å². The first-order valence-corrected chi connectivity index (χ1v) is 6.82. The zero-order chi connectivity index (χ0) is 13.8. The number of aromatic nitrogens is 3. The van der Waals surface area contributed by atoms with Crippen LogP contribution in [0.1, 0.15) is 11.4 Å². The molecule has 0 saturated heterocycles. The molecular weight excluding hydrogens is 248 g/mol. The van der Waals surface area contributed by atoms with Gasteiger partial charge in [0.15, 0.2) is 0 Å². The molecule has 0 aliphatic carbocycles.